The van der Waals surface area contributed by atoms with E-state index in [0.717, 1.165) is 10.1 Å². The number of hydrogen-bond donors (Lipinski definition) is 2. The lowest BCUT2D eigenvalue weighted by molar-refractivity contribution is -0.120. The fraction of sp³-hybridized carbons (Fsp3) is 0.273. The molecule has 0 unspecified atom stereocenters. The third kappa shape index (κ3) is 5.40. The van der Waals surface area contributed by atoms with Crippen LogP contribution in [0.1, 0.15) is 26.3 Å². The molecule has 3 amide bonds. The van der Waals surface area contributed by atoms with Gasteiger partial charge in [-0.3, -0.25) is 28.8 Å². The molecule has 2 aromatic carbocycles. The van der Waals surface area contributed by atoms with Gasteiger partial charge >= 0.3 is 17.1 Å². The number of urea groups is 1. The number of hydrogen-bond acceptors (Lipinski definition) is 4. The topological polar surface area (TPSA) is 102 Å². The average Bonchev–Trinajstić information content (AvgIpc) is 2.68. The van der Waals surface area contributed by atoms with Crippen molar-refractivity contribution in [3.05, 3.63) is 79.8 Å². The van der Waals surface area contributed by atoms with E-state index in [0.29, 0.717) is 16.1 Å². The molecule has 0 spiro atoms. The third-order valence-electron chi connectivity index (χ3n) is 4.42. The molecule has 9 heteroatoms. The Morgan fingerprint density at radius 3 is 2.23 bits per heavy atom. The molecule has 1 heterocycles. The first-order chi connectivity index (χ1) is 14.5. The van der Waals surface area contributed by atoms with Crippen LogP contribution in [-0.4, -0.2) is 26.6 Å². The Kier molecular flexibility index (Phi) is 6.31. The van der Waals surface area contributed by atoms with Crippen LogP contribution in [0, 0.1) is 0 Å². The van der Waals surface area contributed by atoms with Crippen molar-refractivity contribution in [1.82, 2.24) is 19.8 Å². The van der Waals surface area contributed by atoms with Crippen molar-refractivity contribution in [2.75, 3.05) is 0 Å². The zero-order valence-electron chi connectivity index (χ0n) is 17.4. The summed E-state index contributed by atoms with van der Waals surface area (Å²) in [5.74, 6) is -0.731. The predicted molar refractivity (Wildman–Crippen MR) is 119 cm³/mol. The van der Waals surface area contributed by atoms with Crippen LogP contribution in [-0.2, 0) is 17.9 Å². The van der Waals surface area contributed by atoms with Crippen LogP contribution in [0.3, 0.4) is 0 Å². The molecule has 0 aliphatic carbocycles. The molecule has 0 fully saturated rings. The summed E-state index contributed by atoms with van der Waals surface area (Å²) in [6, 6.07) is 13.3. The molecule has 0 aliphatic rings. The Hall–Kier alpha value is -3.39. The van der Waals surface area contributed by atoms with Crippen LogP contribution in [0.25, 0.3) is 11.0 Å². The molecule has 1 aromatic heterocycles. The second kappa shape index (κ2) is 8.77. The molecule has 3 rings (SSSR count). The zero-order chi connectivity index (χ0) is 22.8. The molecule has 31 heavy (non-hydrogen) atoms. The van der Waals surface area contributed by atoms with Crippen molar-refractivity contribution < 1.29 is 9.59 Å². The molecule has 2 N–H and O–H groups in total. The first-order valence-corrected chi connectivity index (χ1v) is 10.0. The van der Waals surface area contributed by atoms with Crippen molar-refractivity contribution in [3.8, 4) is 0 Å². The maximum atomic E-state index is 12.9. The summed E-state index contributed by atoms with van der Waals surface area (Å²) < 4.78 is 2.38. The van der Waals surface area contributed by atoms with Gasteiger partial charge in [-0.2, -0.15) is 0 Å². The zero-order valence-corrected chi connectivity index (χ0v) is 18.2. The van der Waals surface area contributed by atoms with Crippen LogP contribution in [0.5, 0.6) is 0 Å². The first kappa shape index (κ1) is 22.3. The van der Waals surface area contributed by atoms with Gasteiger partial charge in [0.15, 0.2) is 0 Å². The summed E-state index contributed by atoms with van der Waals surface area (Å²) >= 11 is 6.12. The van der Waals surface area contributed by atoms with E-state index in [2.05, 4.69) is 10.6 Å². The van der Waals surface area contributed by atoms with E-state index < -0.39 is 35.1 Å². The van der Waals surface area contributed by atoms with E-state index in [1.807, 2.05) is 30.3 Å². The maximum Gasteiger partial charge on any atom is 0.321 e. The number of aromatic nitrogens is 2. The number of benzene rings is 2. The number of carbonyl (C=O) groups excluding carboxylic acids is 2. The van der Waals surface area contributed by atoms with E-state index in [1.165, 1.54) is 10.6 Å². The molecule has 3 aromatic rings. The van der Waals surface area contributed by atoms with Gasteiger partial charge in [0, 0.05) is 10.6 Å². The normalized spacial score (nSPS) is 11.4. The summed E-state index contributed by atoms with van der Waals surface area (Å²) in [5.41, 5.74) is -0.583. The van der Waals surface area contributed by atoms with Gasteiger partial charge in [0.2, 0.25) is 5.91 Å². The highest BCUT2D eigenvalue weighted by Crippen LogP contribution is 2.18. The smallest absolute Gasteiger partial charge is 0.321 e. The van der Waals surface area contributed by atoms with Crippen molar-refractivity contribution in [2.24, 2.45) is 0 Å². The van der Waals surface area contributed by atoms with Crippen LogP contribution in [0.15, 0.2) is 58.1 Å². The number of nitrogens with zero attached hydrogens (tertiary/aromatic N) is 2. The lowest BCUT2D eigenvalue weighted by atomic mass is 10.1. The monoisotopic (exact) mass is 442 g/mol. The van der Waals surface area contributed by atoms with Gasteiger partial charge in [0.25, 0.3) is 0 Å². The van der Waals surface area contributed by atoms with Crippen molar-refractivity contribution in [3.63, 3.8) is 0 Å². The van der Waals surface area contributed by atoms with Crippen molar-refractivity contribution in [1.29, 1.82) is 0 Å². The lowest BCUT2D eigenvalue weighted by Gasteiger charge is -2.20. The quantitative estimate of drug-likeness (QED) is 0.606. The number of halogens is 1. The Bertz CT molecular complexity index is 1260. The second-order valence-corrected chi connectivity index (χ2v) is 8.59. The Morgan fingerprint density at radius 2 is 1.58 bits per heavy atom. The van der Waals surface area contributed by atoms with Gasteiger partial charge in [-0.05, 0) is 44.5 Å². The maximum absolute atomic E-state index is 12.9. The molecule has 0 atom stereocenters. The Balaban J connectivity index is 2.02. The van der Waals surface area contributed by atoms with Crippen LogP contribution >= 0.6 is 11.6 Å². The van der Waals surface area contributed by atoms with E-state index in [-0.39, 0.29) is 6.54 Å². The minimum absolute atomic E-state index is 0.189. The molecule has 0 bridgehead atoms. The molecule has 0 aliphatic heterocycles. The van der Waals surface area contributed by atoms with Gasteiger partial charge in [-0.1, -0.05) is 41.9 Å². The number of imide groups is 1. The van der Waals surface area contributed by atoms with Crippen LogP contribution in [0.2, 0.25) is 5.02 Å². The summed E-state index contributed by atoms with van der Waals surface area (Å²) in [5, 5.41) is 5.12. The largest absolute Gasteiger partial charge is 0.333 e. The molecule has 0 saturated carbocycles. The van der Waals surface area contributed by atoms with E-state index in [9.17, 15) is 19.2 Å². The van der Waals surface area contributed by atoms with Crippen LogP contribution in [0.4, 0.5) is 4.79 Å². The first-order valence-electron chi connectivity index (χ1n) is 9.64. The van der Waals surface area contributed by atoms with Crippen LogP contribution < -0.4 is 21.8 Å². The fourth-order valence-electron chi connectivity index (χ4n) is 3.15. The Labute approximate surface area is 183 Å². The lowest BCUT2D eigenvalue weighted by Crippen LogP contribution is -2.50. The minimum Gasteiger partial charge on any atom is -0.333 e. The summed E-state index contributed by atoms with van der Waals surface area (Å²) in [4.78, 5) is 50.1. The minimum atomic E-state index is -0.878. The molecule has 162 valence electrons. The number of amides is 3. The molecule has 0 radical (unpaired) electrons. The second-order valence-electron chi connectivity index (χ2n) is 8.15. The highest BCUT2D eigenvalue weighted by atomic mass is 35.5. The van der Waals surface area contributed by atoms with E-state index in [1.54, 1.807) is 32.9 Å². The molecular weight excluding hydrogens is 420 g/mol. The van der Waals surface area contributed by atoms with E-state index >= 15 is 0 Å². The fourth-order valence-corrected chi connectivity index (χ4v) is 3.32. The van der Waals surface area contributed by atoms with Gasteiger partial charge in [0.05, 0.1) is 17.6 Å². The number of nitrogens with one attached hydrogen (secondary N) is 2. The van der Waals surface area contributed by atoms with Gasteiger partial charge < -0.3 is 5.32 Å². The molecule has 0 saturated heterocycles. The van der Waals surface area contributed by atoms with Crippen molar-refractivity contribution in [2.45, 2.75) is 39.4 Å². The summed E-state index contributed by atoms with van der Waals surface area (Å²) in [7, 11) is 0. The Morgan fingerprint density at radius 1 is 0.935 bits per heavy atom. The summed E-state index contributed by atoms with van der Waals surface area (Å²) in [6.45, 7) is 4.99. The molecule has 8 nitrogen and oxygen atoms in total. The summed E-state index contributed by atoms with van der Waals surface area (Å²) in [6.07, 6.45) is 0. The highest BCUT2D eigenvalue weighted by molar-refractivity contribution is 6.31. The third-order valence-corrected chi connectivity index (χ3v) is 4.65. The number of rotatable bonds is 4. The molecular formula is C22H23ClN4O4. The van der Waals surface area contributed by atoms with Crippen molar-refractivity contribution >= 4 is 34.6 Å². The van der Waals surface area contributed by atoms with Gasteiger partial charge in [-0.25, -0.2) is 4.79 Å². The predicted octanol–water partition coefficient (Wildman–Crippen LogP) is 2.49. The standard InChI is InChI=1S/C22H23ClN4O4/c1-22(2,3)25-21(31)24-18(28)13-27-17-11-15(23)9-10-16(17)26(19(29)20(27)30)12-14-7-5-4-6-8-14/h4-11H,12-13H2,1-3H3,(H2,24,25,28,31). The van der Waals surface area contributed by atoms with E-state index in [4.69, 9.17) is 11.6 Å². The number of carbonyl (C=O) groups is 2. The van der Waals surface area contributed by atoms with Gasteiger partial charge in [-0.15, -0.1) is 0 Å². The SMILES string of the molecule is CC(C)(C)NC(=O)NC(=O)Cn1c(=O)c(=O)n(Cc2ccccc2)c2ccc(Cl)cc21. The highest BCUT2D eigenvalue weighted by Gasteiger charge is 2.19. The average molecular weight is 443 g/mol. The van der Waals surface area contributed by atoms with Gasteiger partial charge in [0.1, 0.15) is 6.54 Å². The number of fused-ring (bicyclic) bond motifs is 1.